The number of hydrogen-bond donors (Lipinski definition) is 2. The number of benzene rings is 2. The minimum Gasteiger partial charge on any atom is -0.494 e. The van der Waals surface area contributed by atoms with Crippen molar-refractivity contribution in [2.45, 2.75) is 40.7 Å². The summed E-state index contributed by atoms with van der Waals surface area (Å²) in [5.41, 5.74) is 1.60. The molecule has 2 rings (SSSR count). The van der Waals surface area contributed by atoms with Crippen LogP contribution in [0.4, 0.5) is 5.69 Å². The Morgan fingerprint density at radius 3 is 2.33 bits per heavy atom. The summed E-state index contributed by atoms with van der Waals surface area (Å²) >= 11 is 0. The highest BCUT2D eigenvalue weighted by atomic mass is 16.5. The SMILES string of the molecule is CCOc1ccc(C(C)NC(=O)c2cccc(NC(=O)C(C)(C)C)c2)cc1. The highest BCUT2D eigenvalue weighted by Crippen LogP contribution is 2.20. The Labute approximate surface area is 161 Å². The minimum atomic E-state index is -0.500. The van der Waals surface area contributed by atoms with E-state index in [2.05, 4.69) is 10.6 Å². The van der Waals surface area contributed by atoms with Gasteiger partial charge in [-0.15, -0.1) is 0 Å². The lowest BCUT2D eigenvalue weighted by Gasteiger charge is -2.18. The second-order valence-electron chi connectivity index (χ2n) is 7.48. The molecule has 0 aliphatic carbocycles. The van der Waals surface area contributed by atoms with Crippen molar-refractivity contribution in [1.82, 2.24) is 5.32 Å². The Bertz CT molecular complexity index is 792. The molecule has 2 N–H and O–H groups in total. The van der Waals surface area contributed by atoms with Gasteiger partial charge in [-0.05, 0) is 49.7 Å². The predicted molar refractivity (Wildman–Crippen MR) is 108 cm³/mol. The van der Waals surface area contributed by atoms with E-state index in [-0.39, 0.29) is 17.9 Å². The Morgan fingerprint density at radius 2 is 1.74 bits per heavy atom. The van der Waals surface area contributed by atoms with Crippen molar-refractivity contribution < 1.29 is 14.3 Å². The molecule has 0 aromatic heterocycles. The average molecular weight is 368 g/mol. The van der Waals surface area contributed by atoms with Crippen LogP contribution in [0.1, 0.15) is 56.6 Å². The van der Waals surface area contributed by atoms with Gasteiger partial charge in [-0.3, -0.25) is 9.59 Å². The molecule has 0 radical (unpaired) electrons. The van der Waals surface area contributed by atoms with Crippen LogP contribution in [0.5, 0.6) is 5.75 Å². The number of nitrogens with one attached hydrogen (secondary N) is 2. The number of ether oxygens (including phenoxy) is 1. The first-order valence-corrected chi connectivity index (χ1v) is 9.16. The van der Waals surface area contributed by atoms with E-state index in [1.807, 2.05) is 58.9 Å². The van der Waals surface area contributed by atoms with Crippen molar-refractivity contribution >= 4 is 17.5 Å². The molecule has 0 spiro atoms. The normalized spacial score (nSPS) is 12.2. The molecule has 1 unspecified atom stereocenters. The monoisotopic (exact) mass is 368 g/mol. The third-order valence-corrected chi connectivity index (χ3v) is 4.10. The Morgan fingerprint density at radius 1 is 1.07 bits per heavy atom. The molecule has 0 bridgehead atoms. The van der Waals surface area contributed by atoms with Crippen LogP contribution in [0, 0.1) is 5.41 Å². The lowest BCUT2D eigenvalue weighted by atomic mass is 9.95. The second kappa shape index (κ2) is 8.71. The maximum absolute atomic E-state index is 12.6. The molecule has 0 saturated heterocycles. The Kier molecular flexibility index (Phi) is 6.61. The van der Waals surface area contributed by atoms with E-state index in [1.54, 1.807) is 24.3 Å². The van der Waals surface area contributed by atoms with Gasteiger partial charge < -0.3 is 15.4 Å². The lowest BCUT2D eigenvalue weighted by Crippen LogP contribution is -2.28. The average Bonchev–Trinajstić information content (AvgIpc) is 2.62. The van der Waals surface area contributed by atoms with Crippen molar-refractivity contribution in [2.24, 2.45) is 5.41 Å². The van der Waals surface area contributed by atoms with E-state index in [0.717, 1.165) is 11.3 Å². The summed E-state index contributed by atoms with van der Waals surface area (Å²) in [6.45, 7) is 10.0. The highest BCUT2D eigenvalue weighted by Gasteiger charge is 2.21. The van der Waals surface area contributed by atoms with Crippen LogP contribution < -0.4 is 15.4 Å². The van der Waals surface area contributed by atoms with Gasteiger partial charge in [0, 0.05) is 16.7 Å². The number of anilines is 1. The van der Waals surface area contributed by atoms with E-state index in [9.17, 15) is 9.59 Å². The van der Waals surface area contributed by atoms with Gasteiger partial charge in [0.1, 0.15) is 5.75 Å². The Hall–Kier alpha value is -2.82. The van der Waals surface area contributed by atoms with Crippen molar-refractivity contribution in [1.29, 1.82) is 0 Å². The van der Waals surface area contributed by atoms with Gasteiger partial charge in [-0.2, -0.15) is 0 Å². The fourth-order valence-electron chi connectivity index (χ4n) is 2.44. The van der Waals surface area contributed by atoms with E-state index in [1.165, 1.54) is 0 Å². The molecule has 2 aromatic rings. The molecule has 0 fully saturated rings. The molecule has 0 aliphatic rings. The van der Waals surface area contributed by atoms with Gasteiger partial charge in [0.25, 0.3) is 5.91 Å². The summed E-state index contributed by atoms with van der Waals surface area (Å²) < 4.78 is 5.44. The van der Waals surface area contributed by atoms with E-state index in [4.69, 9.17) is 4.74 Å². The molecule has 144 valence electrons. The van der Waals surface area contributed by atoms with Gasteiger partial charge in [0.15, 0.2) is 0 Å². The summed E-state index contributed by atoms with van der Waals surface area (Å²) in [6, 6.07) is 14.5. The number of hydrogen-bond acceptors (Lipinski definition) is 3. The standard InChI is InChI=1S/C22H28N2O3/c1-6-27-19-12-10-16(11-13-19)15(2)23-20(25)17-8-7-9-18(14-17)24-21(26)22(3,4)5/h7-15H,6H2,1-5H3,(H,23,25)(H,24,26). The molecule has 1 atom stereocenters. The quantitative estimate of drug-likeness (QED) is 0.785. The fraction of sp³-hybridized carbons (Fsp3) is 0.364. The molecule has 0 saturated carbocycles. The summed E-state index contributed by atoms with van der Waals surface area (Å²) in [7, 11) is 0. The third-order valence-electron chi connectivity index (χ3n) is 4.10. The molecule has 27 heavy (non-hydrogen) atoms. The molecule has 0 heterocycles. The van der Waals surface area contributed by atoms with Crippen molar-refractivity contribution in [3.63, 3.8) is 0 Å². The zero-order chi connectivity index (χ0) is 20.0. The summed E-state index contributed by atoms with van der Waals surface area (Å²) in [6.07, 6.45) is 0. The third kappa shape index (κ3) is 5.84. The van der Waals surface area contributed by atoms with Crippen LogP contribution in [0.2, 0.25) is 0 Å². The maximum atomic E-state index is 12.6. The van der Waals surface area contributed by atoms with Crippen molar-refractivity contribution in [3.05, 3.63) is 59.7 Å². The van der Waals surface area contributed by atoms with Gasteiger partial charge >= 0.3 is 0 Å². The number of carbonyl (C=O) groups excluding carboxylic acids is 2. The summed E-state index contributed by atoms with van der Waals surface area (Å²) in [5, 5.41) is 5.83. The smallest absolute Gasteiger partial charge is 0.251 e. The summed E-state index contributed by atoms with van der Waals surface area (Å²) in [4.78, 5) is 24.7. The Balaban J connectivity index is 2.04. The van der Waals surface area contributed by atoms with Crippen LogP contribution in [-0.2, 0) is 4.79 Å². The van der Waals surface area contributed by atoms with Crippen LogP contribution >= 0.6 is 0 Å². The van der Waals surface area contributed by atoms with Crippen LogP contribution in [0.25, 0.3) is 0 Å². The first-order valence-electron chi connectivity index (χ1n) is 9.16. The van der Waals surface area contributed by atoms with Crippen LogP contribution in [0.3, 0.4) is 0 Å². The highest BCUT2D eigenvalue weighted by molar-refractivity contribution is 5.98. The second-order valence-corrected chi connectivity index (χ2v) is 7.48. The molecule has 5 heteroatoms. The number of amides is 2. The number of carbonyl (C=O) groups is 2. The first kappa shape index (κ1) is 20.5. The lowest BCUT2D eigenvalue weighted by molar-refractivity contribution is -0.123. The fourth-order valence-corrected chi connectivity index (χ4v) is 2.44. The number of rotatable bonds is 6. The van der Waals surface area contributed by atoms with Gasteiger partial charge in [0.2, 0.25) is 5.91 Å². The van der Waals surface area contributed by atoms with Gasteiger partial charge in [-0.25, -0.2) is 0 Å². The zero-order valence-electron chi connectivity index (χ0n) is 16.6. The topological polar surface area (TPSA) is 67.4 Å². The van der Waals surface area contributed by atoms with E-state index < -0.39 is 5.41 Å². The largest absolute Gasteiger partial charge is 0.494 e. The van der Waals surface area contributed by atoms with E-state index in [0.29, 0.717) is 17.9 Å². The van der Waals surface area contributed by atoms with Crippen molar-refractivity contribution in [2.75, 3.05) is 11.9 Å². The summed E-state index contributed by atoms with van der Waals surface area (Å²) in [5.74, 6) is 0.521. The first-order chi connectivity index (χ1) is 12.7. The zero-order valence-corrected chi connectivity index (χ0v) is 16.6. The predicted octanol–water partition coefficient (Wildman–Crippen LogP) is 4.56. The molecule has 0 aliphatic heterocycles. The maximum Gasteiger partial charge on any atom is 0.251 e. The molecular weight excluding hydrogens is 340 g/mol. The van der Waals surface area contributed by atoms with Crippen LogP contribution in [-0.4, -0.2) is 18.4 Å². The van der Waals surface area contributed by atoms with Crippen LogP contribution in [0.15, 0.2) is 48.5 Å². The van der Waals surface area contributed by atoms with Gasteiger partial charge in [-0.1, -0.05) is 39.0 Å². The van der Waals surface area contributed by atoms with Crippen molar-refractivity contribution in [3.8, 4) is 5.75 Å². The van der Waals surface area contributed by atoms with Gasteiger partial charge in [0.05, 0.1) is 12.6 Å². The minimum absolute atomic E-state index is 0.0946. The molecule has 5 nitrogen and oxygen atoms in total. The van der Waals surface area contributed by atoms with E-state index >= 15 is 0 Å². The molecular formula is C22H28N2O3. The molecule has 2 aromatic carbocycles. The molecule has 2 amide bonds.